The Balaban J connectivity index is 2.39. The number of hydrazine groups is 1. The molecule has 1 rings (SSSR count). The first-order valence-electron chi connectivity index (χ1n) is 5.40. The Kier molecular flexibility index (Phi) is 4.92. The predicted molar refractivity (Wildman–Crippen MR) is 63.0 cm³/mol. The summed E-state index contributed by atoms with van der Waals surface area (Å²) in [7, 11) is 0. The average molecular weight is 240 g/mol. The molecule has 17 heavy (non-hydrogen) atoms. The Bertz CT molecular complexity index is 430. The Morgan fingerprint density at radius 2 is 2.18 bits per heavy atom. The van der Waals surface area contributed by atoms with E-state index < -0.39 is 5.56 Å². The van der Waals surface area contributed by atoms with E-state index >= 15 is 0 Å². The van der Waals surface area contributed by atoms with Crippen LogP contribution in [-0.4, -0.2) is 21.1 Å². The van der Waals surface area contributed by atoms with Crippen molar-refractivity contribution in [1.29, 1.82) is 0 Å². The molecule has 1 amide bonds. The molecule has 0 aliphatic rings. The van der Waals surface area contributed by atoms with Crippen molar-refractivity contribution in [2.75, 3.05) is 11.2 Å². The highest BCUT2D eigenvalue weighted by molar-refractivity contribution is 5.76. The van der Waals surface area contributed by atoms with Crippen LogP contribution in [0, 0.1) is 0 Å². The number of unbranched alkanes of at least 4 members (excludes halogenated alkanes) is 2. The first kappa shape index (κ1) is 12.9. The summed E-state index contributed by atoms with van der Waals surface area (Å²) in [6.07, 6.45) is 3.26. The van der Waals surface area contributed by atoms with Crippen molar-refractivity contribution in [3.05, 3.63) is 10.4 Å². The summed E-state index contributed by atoms with van der Waals surface area (Å²) < 4.78 is 0. The summed E-state index contributed by atoms with van der Waals surface area (Å²) in [5.41, 5.74) is 9.44. The van der Waals surface area contributed by atoms with E-state index in [0.717, 1.165) is 19.3 Å². The van der Waals surface area contributed by atoms with Crippen LogP contribution >= 0.6 is 0 Å². The van der Waals surface area contributed by atoms with Gasteiger partial charge in [0.05, 0.1) is 0 Å². The van der Waals surface area contributed by atoms with Crippen LogP contribution in [0.25, 0.3) is 0 Å². The largest absolute Gasteiger partial charge is 0.368 e. The summed E-state index contributed by atoms with van der Waals surface area (Å²) in [6, 6.07) is 0. The summed E-state index contributed by atoms with van der Waals surface area (Å²) in [5, 5.41) is 6.95. The third-order valence-electron chi connectivity index (χ3n) is 2.04. The number of carbonyl (C=O) groups excluding carboxylic acids is 1. The lowest BCUT2D eigenvalue weighted by Gasteiger charge is -2.05. The summed E-state index contributed by atoms with van der Waals surface area (Å²) >= 11 is 0. The molecule has 94 valence electrons. The number of H-pyrrole nitrogens is 1. The normalized spacial score (nSPS) is 9.94. The van der Waals surface area contributed by atoms with Gasteiger partial charge in [-0.2, -0.15) is 0 Å². The molecule has 8 heteroatoms. The molecular formula is C9H16N6O2. The van der Waals surface area contributed by atoms with Crippen LogP contribution in [0.5, 0.6) is 0 Å². The maximum atomic E-state index is 11.3. The van der Waals surface area contributed by atoms with Crippen molar-refractivity contribution in [1.82, 2.24) is 20.6 Å². The number of nitrogens with zero attached hydrogens (tertiary/aromatic N) is 2. The number of nitrogens with one attached hydrogen (secondary N) is 3. The monoisotopic (exact) mass is 240 g/mol. The zero-order chi connectivity index (χ0) is 12.7. The molecule has 1 aromatic rings. The quantitative estimate of drug-likeness (QED) is 0.402. The number of aromatic amines is 1. The van der Waals surface area contributed by atoms with Gasteiger partial charge in [0, 0.05) is 6.42 Å². The Labute approximate surface area is 98.0 Å². The van der Waals surface area contributed by atoms with E-state index in [-0.39, 0.29) is 17.7 Å². The summed E-state index contributed by atoms with van der Waals surface area (Å²) in [5.74, 6) is -0.366. The highest BCUT2D eigenvalue weighted by atomic mass is 16.2. The van der Waals surface area contributed by atoms with Crippen LogP contribution in [-0.2, 0) is 4.79 Å². The number of aromatic nitrogens is 3. The maximum Gasteiger partial charge on any atom is 0.297 e. The molecule has 0 saturated heterocycles. The third kappa shape index (κ3) is 4.49. The van der Waals surface area contributed by atoms with Crippen molar-refractivity contribution < 1.29 is 4.79 Å². The summed E-state index contributed by atoms with van der Waals surface area (Å²) in [6.45, 7) is 2.06. The number of amides is 1. The second-order valence-electron chi connectivity index (χ2n) is 3.52. The number of rotatable bonds is 6. The maximum absolute atomic E-state index is 11.3. The van der Waals surface area contributed by atoms with Crippen molar-refractivity contribution in [3.63, 3.8) is 0 Å². The second-order valence-corrected chi connectivity index (χ2v) is 3.52. The molecule has 0 aliphatic carbocycles. The molecule has 0 atom stereocenters. The van der Waals surface area contributed by atoms with Gasteiger partial charge in [-0.25, -0.2) is 0 Å². The van der Waals surface area contributed by atoms with E-state index in [0.29, 0.717) is 6.42 Å². The topological polar surface area (TPSA) is 126 Å². The summed E-state index contributed by atoms with van der Waals surface area (Å²) in [4.78, 5) is 24.8. The lowest BCUT2D eigenvalue weighted by atomic mass is 10.2. The lowest BCUT2D eigenvalue weighted by molar-refractivity contribution is -0.120. The van der Waals surface area contributed by atoms with Crippen LogP contribution < -0.4 is 22.1 Å². The minimum Gasteiger partial charge on any atom is -0.368 e. The molecule has 0 bridgehead atoms. The van der Waals surface area contributed by atoms with Crippen LogP contribution in [0.1, 0.15) is 32.6 Å². The Hall–Kier alpha value is -2.12. The van der Waals surface area contributed by atoms with Crippen LogP contribution in [0.3, 0.4) is 0 Å². The van der Waals surface area contributed by atoms with Gasteiger partial charge in [0.25, 0.3) is 5.56 Å². The lowest BCUT2D eigenvalue weighted by Crippen LogP contribution is -2.33. The van der Waals surface area contributed by atoms with Crippen molar-refractivity contribution in [2.24, 2.45) is 0 Å². The number of hydrogen-bond donors (Lipinski definition) is 4. The Morgan fingerprint density at radius 3 is 2.82 bits per heavy atom. The molecule has 0 saturated carbocycles. The zero-order valence-corrected chi connectivity index (χ0v) is 9.62. The molecule has 1 heterocycles. The van der Waals surface area contributed by atoms with Crippen LogP contribution in [0.2, 0.25) is 0 Å². The van der Waals surface area contributed by atoms with Gasteiger partial charge in [-0.05, 0) is 6.42 Å². The van der Waals surface area contributed by atoms with E-state index in [2.05, 4.69) is 33.0 Å². The highest BCUT2D eigenvalue weighted by Crippen LogP contribution is 1.98. The SMILES string of the molecule is CCCCCC(=O)NNc1nnc(N)[nH]c1=O. The van der Waals surface area contributed by atoms with Gasteiger partial charge in [-0.3, -0.25) is 25.4 Å². The van der Waals surface area contributed by atoms with Crippen molar-refractivity contribution in [3.8, 4) is 0 Å². The van der Waals surface area contributed by atoms with E-state index in [1.165, 1.54) is 0 Å². The fourth-order valence-corrected chi connectivity index (χ4v) is 1.16. The fourth-order valence-electron chi connectivity index (χ4n) is 1.16. The number of anilines is 2. The standard InChI is InChI=1S/C9H16N6O2/c1-2-3-4-5-6(16)12-13-7-8(17)11-9(10)15-14-7/h2-5H2,1H3,(H,12,16)(H,13,14)(H3,10,11,15,17). The van der Waals surface area contributed by atoms with E-state index in [1.54, 1.807) is 0 Å². The molecule has 0 spiro atoms. The number of hydrogen-bond acceptors (Lipinski definition) is 6. The molecule has 0 unspecified atom stereocenters. The smallest absolute Gasteiger partial charge is 0.297 e. The van der Waals surface area contributed by atoms with Gasteiger partial charge in [0.2, 0.25) is 17.7 Å². The molecule has 0 aliphatic heterocycles. The van der Waals surface area contributed by atoms with Gasteiger partial charge < -0.3 is 5.73 Å². The Morgan fingerprint density at radius 1 is 1.41 bits per heavy atom. The van der Waals surface area contributed by atoms with Gasteiger partial charge in [-0.1, -0.05) is 19.8 Å². The van der Waals surface area contributed by atoms with E-state index in [9.17, 15) is 9.59 Å². The molecule has 0 radical (unpaired) electrons. The molecule has 5 N–H and O–H groups in total. The first-order chi connectivity index (χ1) is 8.13. The van der Waals surface area contributed by atoms with Gasteiger partial charge in [0.1, 0.15) is 0 Å². The molecule has 8 nitrogen and oxygen atoms in total. The third-order valence-corrected chi connectivity index (χ3v) is 2.04. The van der Waals surface area contributed by atoms with E-state index in [4.69, 9.17) is 5.73 Å². The molecule has 1 aromatic heterocycles. The van der Waals surface area contributed by atoms with Crippen molar-refractivity contribution >= 4 is 17.7 Å². The predicted octanol–water partition coefficient (Wildman–Crippen LogP) is -0.229. The van der Waals surface area contributed by atoms with Crippen LogP contribution in [0.15, 0.2) is 4.79 Å². The number of nitrogens with two attached hydrogens (primary N) is 1. The first-order valence-corrected chi connectivity index (χ1v) is 5.40. The number of carbonyl (C=O) groups is 1. The van der Waals surface area contributed by atoms with Crippen molar-refractivity contribution in [2.45, 2.75) is 32.6 Å². The molecule has 0 fully saturated rings. The minimum atomic E-state index is -0.536. The van der Waals surface area contributed by atoms with Gasteiger partial charge in [-0.15, -0.1) is 10.2 Å². The second kappa shape index (κ2) is 6.46. The van der Waals surface area contributed by atoms with Gasteiger partial charge >= 0.3 is 0 Å². The fraction of sp³-hybridized carbons (Fsp3) is 0.556. The number of nitrogen functional groups attached to an aromatic ring is 1. The van der Waals surface area contributed by atoms with Gasteiger partial charge in [0.15, 0.2) is 0 Å². The average Bonchev–Trinajstić information content (AvgIpc) is 2.28. The van der Waals surface area contributed by atoms with E-state index in [1.807, 2.05) is 0 Å². The van der Waals surface area contributed by atoms with Crippen LogP contribution in [0.4, 0.5) is 11.8 Å². The minimum absolute atomic E-state index is 0.0742. The highest BCUT2D eigenvalue weighted by Gasteiger charge is 2.04. The zero-order valence-electron chi connectivity index (χ0n) is 9.62. The molecule has 0 aromatic carbocycles. The molecular weight excluding hydrogens is 224 g/mol.